The molecule has 0 aliphatic rings. The molecule has 4 heteroatoms. The molecule has 0 aliphatic carbocycles. The van der Waals surface area contributed by atoms with Crippen LogP contribution < -0.4 is 5.32 Å². The molecule has 1 N–H and O–H groups in total. The van der Waals surface area contributed by atoms with Crippen molar-refractivity contribution in [3.8, 4) is 6.07 Å². The second-order valence-corrected chi connectivity index (χ2v) is 5.32. The van der Waals surface area contributed by atoms with Crippen molar-refractivity contribution < 1.29 is 9.53 Å². The van der Waals surface area contributed by atoms with Crippen LogP contribution >= 0.6 is 0 Å². The van der Waals surface area contributed by atoms with E-state index in [1.807, 2.05) is 51.1 Å². The minimum absolute atomic E-state index is 0.414. The predicted molar refractivity (Wildman–Crippen MR) is 79.0 cm³/mol. The van der Waals surface area contributed by atoms with Crippen LogP contribution in [0.2, 0.25) is 0 Å². The molecule has 4 nitrogen and oxygen atoms in total. The maximum absolute atomic E-state index is 11.4. The summed E-state index contributed by atoms with van der Waals surface area (Å²) in [6.07, 6.45) is 4.07. The number of carbonyl (C=O) groups excluding carboxylic acids is 1. The first kappa shape index (κ1) is 15.8. The molecule has 20 heavy (non-hydrogen) atoms. The van der Waals surface area contributed by atoms with Crippen molar-refractivity contribution in [2.24, 2.45) is 0 Å². The Morgan fingerprint density at radius 3 is 2.75 bits per heavy atom. The fraction of sp³-hybridized carbons (Fsp3) is 0.375. The minimum Gasteiger partial charge on any atom is -0.444 e. The fourth-order valence-corrected chi connectivity index (χ4v) is 1.53. The molecule has 1 aromatic carbocycles. The van der Waals surface area contributed by atoms with E-state index in [0.717, 1.165) is 5.56 Å². The molecule has 0 spiro atoms. The van der Waals surface area contributed by atoms with E-state index in [2.05, 4.69) is 11.4 Å². The Bertz CT molecular complexity index is 522. The van der Waals surface area contributed by atoms with Crippen LogP contribution in [0.5, 0.6) is 0 Å². The SMILES string of the molecule is CC(C)(C)OC(=O)NCCC=Cc1ccccc1C#N. The molecule has 0 aliphatic heterocycles. The summed E-state index contributed by atoms with van der Waals surface area (Å²) in [6.45, 7) is 5.97. The summed E-state index contributed by atoms with van der Waals surface area (Å²) in [7, 11) is 0. The number of rotatable bonds is 4. The molecular formula is C16H20N2O2. The maximum Gasteiger partial charge on any atom is 0.407 e. The highest BCUT2D eigenvalue weighted by molar-refractivity contribution is 5.67. The molecule has 1 rings (SSSR count). The lowest BCUT2D eigenvalue weighted by atomic mass is 10.1. The Kier molecular flexibility index (Phi) is 5.79. The molecule has 0 saturated carbocycles. The molecule has 0 radical (unpaired) electrons. The Labute approximate surface area is 120 Å². The van der Waals surface area contributed by atoms with Crippen LogP contribution in [0.1, 0.15) is 38.3 Å². The van der Waals surface area contributed by atoms with Gasteiger partial charge in [0.25, 0.3) is 0 Å². The first-order valence-corrected chi connectivity index (χ1v) is 6.55. The van der Waals surface area contributed by atoms with E-state index < -0.39 is 11.7 Å². The van der Waals surface area contributed by atoms with Gasteiger partial charge in [-0.05, 0) is 38.8 Å². The van der Waals surface area contributed by atoms with Gasteiger partial charge in [-0.15, -0.1) is 0 Å². The lowest BCUT2D eigenvalue weighted by molar-refractivity contribution is 0.0529. The van der Waals surface area contributed by atoms with Gasteiger partial charge in [0.05, 0.1) is 11.6 Å². The number of nitriles is 1. The first-order chi connectivity index (χ1) is 9.42. The monoisotopic (exact) mass is 272 g/mol. The van der Waals surface area contributed by atoms with Gasteiger partial charge < -0.3 is 10.1 Å². The number of benzene rings is 1. The van der Waals surface area contributed by atoms with Crippen molar-refractivity contribution in [1.82, 2.24) is 5.32 Å². The number of alkyl carbamates (subject to hydrolysis) is 1. The third-order valence-corrected chi connectivity index (χ3v) is 2.36. The summed E-state index contributed by atoms with van der Waals surface area (Å²) < 4.78 is 5.12. The Hall–Kier alpha value is -2.28. The number of nitrogens with zero attached hydrogens (tertiary/aromatic N) is 1. The van der Waals surface area contributed by atoms with Gasteiger partial charge in [0.15, 0.2) is 0 Å². The Morgan fingerprint density at radius 1 is 1.40 bits per heavy atom. The molecule has 0 fully saturated rings. The summed E-state index contributed by atoms with van der Waals surface area (Å²) in [5, 5.41) is 11.6. The Balaban J connectivity index is 2.36. The van der Waals surface area contributed by atoms with Gasteiger partial charge in [-0.3, -0.25) is 0 Å². The fourth-order valence-electron chi connectivity index (χ4n) is 1.53. The van der Waals surface area contributed by atoms with Crippen LogP contribution in [0.25, 0.3) is 6.08 Å². The van der Waals surface area contributed by atoms with E-state index in [4.69, 9.17) is 10.00 Å². The Morgan fingerprint density at radius 2 is 2.10 bits per heavy atom. The van der Waals surface area contributed by atoms with Gasteiger partial charge in [-0.1, -0.05) is 30.4 Å². The van der Waals surface area contributed by atoms with Crippen LogP contribution in [-0.2, 0) is 4.74 Å². The minimum atomic E-state index is -0.480. The molecule has 0 saturated heterocycles. The molecule has 0 bridgehead atoms. The van der Waals surface area contributed by atoms with Gasteiger partial charge in [-0.2, -0.15) is 5.26 Å². The number of carbonyl (C=O) groups is 1. The van der Waals surface area contributed by atoms with Crippen molar-refractivity contribution in [3.05, 3.63) is 41.5 Å². The zero-order chi connectivity index (χ0) is 15.0. The number of hydrogen-bond acceptors (Lipinski definition) is 3. The normalized spacial score (nSPS) is 11.1. The first-order valence-electron chi connectivity index (χ1n) is 6.55. The highest BCUT2D eigenvalue weighted by atomic mass is 16.6. The van der Waals surface area contributed by atoms with E-state index in [9.17, 15) is 4.79 Å². The zero-order valence-electron chi connectivity index (χ0n) is 12.1. The lowest BCUT2D eigenvalue weighted by Gasteiger charge is -2.19. The van der Waals surface area contributed by atoms with Crippen LogP contribution in [0.15, 0.2) is 30.3 Å². The summed E-state index contributed by atoms with van der Waals surface area (Å²) in [4.78, 5) is 11.4. The zero-order valence-corrected chi connectivity index (χ0v) is 12.1. The predicted octanol–water partition coefficient (Wildman–Crippen LogP) is 3.49. The van der Waals surface area contributed by atoms with Crippen molar-refractivity contribution in [2.75, 3.05) is 6.54 Å². The van der Waals surface area contributed by atoms with E-state index >= 15 is 0 Å². The third-order valence-electron chi connectivity index (χ3n) is 2.36. The molecule has 106 valence electrons. The van der Waals surface area contributed by atoms with Gasteiger partial charge in [0.1, 0.15) is 5.60 Å². The van der Waals surface area contributed by atoms with E-state index in [1.54, 1.807) is 6.07 Å². The van der Waals surface area contributed by atoms with Gasteiger partial charge in [0, 0.05) is 6.54 Å². The second kappa shape index (κ2) is 7.34. The topological polar surface area (TPSA) is 62.1 Å². The number of nitrogens with one attached hydrogen (secondary N) is 1. The lowest BCUT2D eigenvalue weighted by Crippen LogP contribution is -2.32. The smallest absolute Gasteiger partial charge is 0.407 e. The second-order valence-electron chi connectivity index (χ2n) is 5.32. The molecular weight excluding hydrogens is 252 g/mol. The largest absolute Gasteiger partial charge is 0.444 e. The molecule has 0 aromatic heterocycles. The van der Waals surface area contributed by atoms with Gasteiger partial charge in [0.2, 0.25) is 0 Å². The summed E-state index contributed by atoms with van der Waals surface area (Å²) in [5.74, 6) is 0. The number of ether oxygens (including phenoxy) is 1. The van der Waals surface area contributed by atoms with E-state index in [0.29, 0.717) is 18.5 Å². The average Bonchev–Trinajstić information content (AvgIpc) is 2.36. The summed E-state index contributed by atoms with van der Waals surface area (Å²) >= 11 is 0. The quantitative estimate of drug-likeness (QED) is 0.853. The summed E-state index contributed by atoms with van der Waals surface area (Å²) in [6, 6.07) is 9.52. The highest BCUT2D eigenvalue weighted by Gasteiger charge is 2.15. The maximum atomic E-state index is 11.4. The standard InChI is InChI=1S/C16H20N2O2/c1-16(2,3)20-15(19)18-11-7-6-9-13-8-4-5-10-14(13)12-17/h4-6,8-10H,7,11H2,1-3H3,(H,18,19). The van der Waals surface area contributed by atoms with Crippen LogP contribution in [-0.4, -0.2) is 18.2 Å². The van der Waals surface area contributed by atoms with Crippen molar-refractivity contribution in [2.45, 2.75) is 32.8 Å². The molecule has 1 aromatic rings. The van der Waals surface area contributed by atoms with Crippen LogP contribution in [0, 0.1) is 11.3 Å². The van der Waals surface area contributed by atoms with E-state index in [-0.39, 0.29) is 0 Å². The van der Waals surface area contributed by atoms with Crippen molar-refractivity contribution >= 4 is 12.2 Å². The molecule has 0 atom stereocenters. The third kappa shape index (κ3) is 6.05. The highest BCUT2D eigenvalue weighted by Crippen LogP contribution is 2.09. The van der Waals surface area contributed by atoms with Crippen LogP contribution in [0.3, 0.4) is 0 Å². The van der Waals surface area contributed by atoms with Crippen LogP contribution in [0.4, 0.5) is 4.79 Å². The average molecular weight is 272 g/mol. The number of hydrogen-bond donors (Lipinski definition) is 1. The van der Waals surface area contributed by atoms with Gasteiger partial charge in [-0.25, -0.2) is 4.79 Å². The van der Waals surface area contributed by atoms with Crippen molar-refractivity contribution in [3.63, 3.8) is 0 Å². The van der Waals surface area contributed by atoms with E-state index in [1.165, 1.54) is 0 Å². The van der Waals surface area contributed by atoms with Gasteiger partial charge >= 0.3 is 6.09 Å². The molecule has 0 heterocycles. The molecule has 1 amide bonds. The molecule has 0 unspecified atom stereocenters. The number of amides is 1. The van der Waals surface area contributed by atoms with Crippen molar-refractivity contribution in [1.29, 1.82) is 5.26 Å². The summed E-state index contributed by atoms with van der Waals surface area (Å²) in [5.41, 5.74) is 1.04.